The van der Waals surface area contributed by atoms with E-state index in [1.165, 1.54) is 12.8 Å². The van der Waals surface area contributed by atoms with Gasteiger partial charge in [0.2, 0.25) is 0 Å². The van der Waals surface area contributed by atoms with Crippen LogP contribution in [-0.4, -0.2) is 15.6 Å². The molecule has 0 bridgehead atoms. The minimum Gasteiger partial charge on any atom is -0.293 e. The third-order valence-corrected chi connectivity index (χ3v) is 2.13. The third kappa shape index (κ3) is 1.86. The minimum absolute atomic E-state index is 0.0793. The van der Waals surface area contributed by atoms with Crippen molar-refractivity contribution in [1.82, 2.24) is 9.78 Å². The summed E-state index contributed by atoms with van der Waals surface area (Å²) in [4.78, 5) is 11.3. The molecule has 0 atom stereocenters. The first-order valence-corrected chi connectivity index (χ1v) is 4.50. The second kappa shape index (κ2) is 3.17. The van der Waals surface area contributed by atoms with Gasteiger partial charge in [0, 0.05) is 19.3 Å². The molecule has 1 aromatic rings. The van der Waals surface area contributed by atoms with Gasteiger partial charge in [-0.25, -0.2) is 4.68 Å². The molecule has 1 heterocycles. The van der Waals surface area contributed by atoms with Crippen LogP contribution in [0.4, 0.5) is 0 Å². The van der Waals surface area contributed by atoms with Crippen LogP contribution in [0.25, 0.3) is 5.70 Å². The Kier molecular flexibility index (Phi) is 2.00. The fraction of sp³-hybridized carbons (Fsp3) is 0.400. The lowest BCUT2D eigenvalue weighted by Gasteiger charge is -2.02. The Balaban J connectivity index is 2.28. The molecule has 1 fully saturated rings. The van der Waals surface area contributed by atoms with E-state index in [1.807, 2.05) is 12.1 Å². The zero-order valence-corrected chi connectivity index (χ0v) is 7.60. The van der Waals surface area contributed by atoms with Gasteiger partial charge in [-0.05, 0) is 24.8 Å². The van der Waals surface area contributed by atoms with Gasteiger partial charge in [-0.2, -0.15) is 5.10 Å². The third-order valence-electron chi connectivity index (χ3n) is 2.13. The normalized spacial score (nSPS) is 17.5. The fourth-order valence-electron chi connectivity index (χ4n) is 1.25. The summed E-state index contributed by atoms with van der Waals surface area (Å²) in [5.74, 6) is 0.679. The van der Waals surface area contributed by atoms with Crippen molar-refractivity contribution in [3.63, 3.8) is 0 Å². The van der Waals surface area contributed by atoms with Crippen molar-refractivity contribution in [3.8, 4) is 0 Å². The van der Waals surface area contributed by atoms with Crippen molar-refractivity contribution >= 4 is 11.5 Å². The van der Waals surface area contributed by atoms with Gasteiger partial charge in [-0.3, -0.25) is 4.79 Å². The zero-order chi connectivity index (χ0) is 9.26. The van der Waals surface area contributed by atoms with Crippen LogP contribution in [0.5, 0.6) is 0 Å². The van der Waals surface area contributed by atoms with Crippen molar-refractivity contribution < 1.29 is 4.79 Å². The van der Waals surface area contributed by atoms with Gasteiger partial charge in [-0.15, -0.1) is 0 Å². The monoisotopic (exact) mass is 176 g/mol. The maximum Gasteiger partial charge on any atom is 0.177 e. The van der Waals surface area contributed by atoms with E-state index in [9.17, 15) is 4.79 Å². The second-order valence-corrected chi connectivity index (χ2v) is 3.40. The van der Waals surface area contributed by atoms with Gasteiger partial charge < -0.3 is 0 Å². The Bertz CT molecular complexity index is 334. The second-order valence-electron chi connectivity index (χ2n) is 3.40. The summed E-state index contributed by atoms with van der Waals surface area (Å²) in [6, 6.07) is 1.82. The topological polar surface area (TPSA) is 34.9 Å². The van der Waals surface area contributed by atoms with Gasteiger partial charge in [0.05, 0.1) is 0 Å². The van der Waals surface area contributed by atoms with Crippen molar-refractivity contribution in [2.24, 2.45) is 5.92 Å². The molecule has 0 amide bonds. The summed E-state index contributed by atoms with van der Waals surface area (Å²) in [5.41, 5.74) is 0.701. The number of allylic oxidation sites excluding steroid dienone is 2. The average molecular weight is 176 g/mol. The van der Waals surface area contributed by atoms with Crippen LogP contribution in [0.1, 0.15) is 19.8 Å². The largest absolute Gasteiger partial charge is 0.293 e. The Labute approximate surface area is 77.1 Å². The number of carbonyl (C=O) groups excluding carboxylic acids is 1. The zero-order valence-electron chi connectivity index (χ0n) is 7.60. The highest BCUT2D eigenvalue weighted by atomic mass is 16.1. The molecule has 1 aliphatic rings. The molecule has 1 saturated carbocycles. The predicted octanol–water partition coefficient (Wildman–Crippen LogP) is 1.72. The van der Waals surface area contributed by atoms with E-state index < -0.39 is 0 Å². The number of hydrogen-bond acceptors (Lipinski definition) is 2. The van der Waals surface area contributed by atoms with Gasteiger partial charge in [-0.1, -0.05) is 6.08 Å². The summed E-state index contributed by atoms with van der Waals surface area (Å²) < 4.78 is 1.64. The standard InChI is InChI=1S/C10H12N2O/c1-8(13)10(7-9-3-4-9)12-6-2-5-11-12/h2,5-7,9H,3-4H2,1H3/b10-7-. The summed E-state index contributed by atoms with van der Waals surface area (Å²) in [7, 11) is 0. The maximum atomic E-state index is 11.3. The highest BCUT2D eigenvalue weighted by Crippen LogP contribution is 2.32. The highest BCUT2D eigenvalue weighted by Gasteiger charge is 2.21. The van der Waals surface area contributed by atoms with Gasteiger partial charge in [0.1, 0.15) is 5.70 Å². The summed E-state index contributed by atoms with van der Waals surface area (Å²) in [6.07, 6.45) is 7.92. The van der Waals surface area contributed by atoms with E-state index in [0.717, 1.165) is 0 Å². The van der Waals surface area contributed by atoms with Gasteiger partial charge in [0.25, 0.3) is 0 Å². The summed E-state index contributed by atoms with van der Waals surface area (Å²) >= 11 is 0. The molecule has 1 aromatic heterocycles. The van der Waals surface area contributed by atoms with Crippen molar-refractivity contribution in [2.75, 3.05) is 0 Å². The smallest absolute Gasteiger partial charge is 0.177 e. The van der Waals surface area contributed by atoms with E-state index in [1.54, 1.807) is 24.0 Å². The summed E-state index contributed by atoms with van der Waals surface area (Å²) in [6.45, 7) is 1.58. The van der Waals surface area contributed by atoms with Crippen LogP contribution in [-0.2, 0) is 4.79 Å². The quantitative estimate of drug-likeness (QED) is 0.657. The number of carbonyl (C=O) groups is 1. The molecule has 0 N–H and O–H groups in total. The van der Waals surface area contributed by atoms with Crippen LogP contribution in [0.3, 0.4) is 0 Å². The van der Waals surface area contributed by atoms with E-state index in [0.29, 0.717) is 11.6 Å². The number of nitrogens with zero attached hydrogens (tertiary/aromatic N) is 2. The molecule has 13 heavy (non-hydrogen) atoms. The lowest BCUT2D eigenvalue weighted by Crippen LogP contribution is -2.06. The lowest BCUT2D eigenvalue weighted by molar-refractivity contribution is -0.112. The number of Topliss-reactive ketones (excluding diaryl/α,β-unsaturated/α-hetero) is 1. The van der Waals surface area contributed by atoms with Gasteiger partial charge >= 0.3 is 0 Å². The predicted molar refractivity (Wildman–Crippen MR) is 49.9 cm³/mol. The molecule has 0 aromatic carbocycles. The summed E-state index contributed by atoms with van der Waals surface area (Å²) in [5, 5.41) is 4.05. The van der Waals surface area contributed by atoms with Crippen LogP contribution < -0.4 is 0 Å². The van der Waals surface area contributed by atoms with Crippen molar-refractivity contribution in [2.45, 2.75) is 19.8 Å². The molecule has 3 heteroatoms. The number of hydrogen-bond donors (Lipinski definition) is 0. The Morgan fingerprint density at radius 2 is 2.38 bits per heavy atom. The molecular weight excluding hydrogens is 164 g/mol. The molecule has 0 saturated heterocycles. The number of rotatable bonds is 3. The molecule has 3 nitrogen and oxygen atoms in total. The molecule has 0 aliphatic heterocycles. The first-order chi connectivity index (χ1) is 6.27. The van der Waals surface area contributed by atoms with Crippen molar-refractivity contribution in [3.05, 3.63) is 24.5 Å². The maximum absolute atomic E-state index is 11.3. The number of ketones is 1. The minimum atomic E-state index is 0.0793. The first-order valence-electron chi connectivity index (χ1n) is 4.50. The van der Waals surface area contributed by atoms with E-state index in [4.69, 9.17) is 0 Å². The van der Waals surface area contributed by atoms with Crippen molar-refractivity contribution in [1.29, 1.82) is 0 Å². The highest BCUT2D eigenvalue weighted by molar-refractivity contribution is 6.13. The molecule has 68 valence electrons. The average Bonchev–Trinajstić information content (AvgIpc) is 2.75. The molecule has 0 spiro atoms. The molecular formula is C10H12N2O. The molecule has 2 rings (SSSR count). The van der Waals surface area contributed by atoms with Crippen LogP contribution in [0.15, 0.2) is 24.5 Å². The SMILES string of the molecule is CC(=O)/C(=C/C1CC1)n1cccn1. The molecule has 1 aliphatic carbocycles. The Morgan fingerprint density at radius 1 is 1.62 bits per heavy atom. The van der Waals surface area contributed by atoms with Crippen LogP contribution in [0, 0.1) is 5.92 Å². The lowest BCUT2D eigenvalue weighted by atomic mass is 10.2. The fourth-order valence-corrected chi connectivity index (χ4v) is 1.25. The molecule has 0 radical (unpaired) electrons. The van der Waals surface area contributed by atoms with E-state index >= 15 is 0 Å². The van der Waals surface area contributed by atoms with Crippen LogP contribution in [0.2, 0.25) is 0 Å². The molecule has 0 unspecified atom stereocenters. The van der Waals surface area contributed by atoms with Crippen LogP contribution >= 0.6 is 0 Å². The van der Waals surface area contributed by atoms with Gasteiger partial charge in [0.15, 0.2) is 5.78 Å². The van der Waals surface area contributed by atoms with E-state index in [-0.39, 0.29) is 5.78 Å². The van der Waals surface area contributed by atoms with E-state index in [2.05, 4.69) is 5.10 Å². The number of aromatic nitrogens is 2. The Morgan fingerprint density at radius 3 is 2.85 bits per heavy atom. The Hall–Kier alpha value is -1.38. The first kappa shape index (κ1) is 8.23.